The van der Waals surface area contributed by atoms with E-state index in [9.17, 15) is 4.79 Å². The lowest BCUT2D eigenvalue weighted by molar-refractivity contribution is 0.102. The quantitative estimate of drug-likeness (QED) is 0.805. The zero-order valence-electron chi connectivity index (χ0n) is 8.10. The number of rotatable bonds is 2. The third-order valence-corrected chi connectivity index (χ3v) is 1.93. The second kappa shape index (κ2) is 3.91. The number of aromatic nitrogens is 2. The molecule has 5 nitrogen and oxygen atoms in total. The van der Waals surface area contributed by atoms with Gasteiger partial charge in [0.2, 0.25) is 0 Å². The first-order valence-electron chi connectivity index (χ1n) is 4.37. The summed E-state index contributed by atoms with van der Waals surface area (Å²) < 4.78 is 4.72. The lowest BCUT2D eigenvalue weighted by Crippen LogP contribution is -2.13. The number of amides is 1. The second-order valence-electron chi connectivity index (χ2n) is 3.02. The largest absolute Gasteiger partial charge is 0.451 e. The van der Waals surface area contributed by atoms with E-state index >= 15 is 0 Å². The maximum Gasteiger partial charge on any atom is 0.277 e. The predicted octanol–water partition coefficient (Wildman–Crippen LogP) is 1.63. The van der Waals surface area contributed by atoms with E-state index in [-0.39, 0.29) is 11.6 Å². The van der Waals surface area contributed by atoms with Gasteiger partial charge in [0.05, 0.1) is 0 Å². The summed E-state index contributed by atoms with van der Waals surface area (Å²) in [5.41, 5.74) is 1.87. The van der Waals surface area contributed by atoms with E-state index in [4.69, 9.17) is 4.42 Å². The lowest BCUT2D eigenvalue weighted by atomic mass is 10.2. The molecule has 0 aromatic carbocycles. The van der Waals surface area contributed by atoms with Gasteiger partial charge in [-0.05, 0) is 18.6 Å². The van der Waals surface area contributed by atoms with Crippen molar-refractivity contribution in [1.82, 2.24) is 9.97 Å². The Balaban J connectivity index is 2.17. The minimum Gasteiger partial charge on any atom is -0.451 e. The van der Waals surface area contributed by atoms with Gasteiger partial charge in [-0.1, -0.05) is 0 Å². The van der Waals surface area contributed by atoms with Crippen LogP contribution in [0.4, 0.5) is 5.69 Å². The summed E-state index contributed by atoms with van der Waals surface area (Å²) in [6.07, 6.45) is 5.81. The molecule has 0 unspecified atom stereocenters. The molecular weight excluding hydrogens is 194 g/mol. The van der Waals surface area contributed by atoms with Crippen LogP contribution in [0, 0.1) is 6.92 Å². The Hall–Kier alpha value is -2.17. The molecule has 0 aliphatic heterocycles. The average molecular weight is 203 g/mol. The molecule has 2 rings (SSSR count). The first-order chi connectivity index (χ1) is 7.27. The molecule has 0 radical (unpaired) electrons. The number of hydrogen-bond acceptors (Lipinski definition) is 4. The highest BCUT2D eigenvalue weighted by Crippen LogP contribution is 2.12. The number of pyridine rings is 1. The number of oxazole rings is 1. The average Bonchev–Trinajstić information content (AvgIpc) is 2.74. The normalized spacial score (nSPS) is 9.93. The number of nitrogens with zero attached hydrogens (tertiary/aromatic N) is 2. The van der Waals surface area contributed by atoms with Crippen LogP contribution in [0.1, 0.15) is 16.1 Å². The van der Waals surface area contributed by atoms with Gasteiger partial charge in [0, 0.05) is 18.1 Å². The topological polar surface area (TPSA) is 68.0 Å². The van der Waals surface area contributed by atoms with Crippen molar-refractivity contribution in [3.05, 3.63) is 42.4 Å². The van der Waals surface area contributed by atoms with Crippen LogP contribution in [0.25, 0.3) is 0 Å². The monoisotopic (exact) mass is 203 g/mol. The number of hydrogen-bond donors (Lipinski definition) is 1. The van der Waals surface area contributed by atoms with Crippen molar-refractivity contribution in [3.63, 3.8) is 0 Å². The fourth-order valence-corrected chi connectivity index (χ4v) is 1.12. The first-order valence-corrected chi connectivity index (χ1v) is 4.37. The molecule has 0 spiro atoms. The Morgan fingerprint density at radius 1 is 1.53 bits per heavy atom. The van der Waals surface area contributed by atoms with E-state index in [0.29, 0.717) is 0 Å². The molecule has 0 fully saturated rings. The second-order valence-corrected chi connectivity index (χ2v) is 3.02. The third-order valence-electron chi connectivity index (χ3n) is 1.93. The number of carbonyl (C=O) groups excluding carboxylic acids is 1. The van der Waals surface area contributed by atoms with Crippen molar-refractivity contribution in [3.8, 4) is 0 Å². The van der Waals surface area contributed by atoms with Crippen molar-refractivity contribution < 1.29 is 9.21 Å². The van der Waals surface area contributed by atoms with Gasteiger partial charge >= 0.3 is 0 Å². The summed E-state index contributed by atoms with van der Waals surface area (Å²) in [5.74, 6) is -0.293. The van der Waals surface area contributed by atoms with E-state index in [2.05, 4.69) is 15.3 Å². The fourth-order valence-electron chi connectivity index (χ4n) is 1.12. The smallest absolute Gasteiger partial charge is 0.277 e. The molecule has 0 saturated heterocycles. The summed E-state index contributed by atoms with van der Waals surface area (Å²) >= 11 is 0. The highest BCUT2D eigenvalue weighted by atomic mass is 16.3. The molecule has 0 bridgehead atoms. The van der Waals surface area contributed by atoms with Gasteiger partial charge < -0.3 is 9.73 Å². The fraction of sp³-hybridized carbons (Fsp3) is 0.100. The van der Waals surface area contributed by atoms with Gasteiger partial charge in [-0.3, -0.25) is 9.78 Å². The van der Waals surface area contributed by atoms with Crippen molar-refractivity contribution in [1.29, 1.82) is 0 Å². The molecule has 76 valence electrons. The van der Waals surface area contributed by atoms with Crippen LogP contribution in [0.15, 0.2) is 35.5 Å². The molecule has 1 N–H and O–H groups in total. The van der Waals surface area contributed by atoms with Gasteiger partial charge in [0.25, 0.3) is 5.91 Å². The zero-order valence-corrected chi connectivity index (χ0v) is 8.10. The third kappa shape index (κ3) is 2.01. The number of carbonyl (C=O) groups is 1. The molecule has 0 atom stereocenters. The minimum absolute atomic E-state index is 0.256. The molecule has 5 heteroatoms. The number of nitrogens with one attached hydrogen (secondary N) is 1. The van der Waals surface area contributed by atoms with E-state index in [1.165, 1.54) is 12.7 Å². The highest BCUT2D eigenvalue weighted by Gasteiger charge is 2.09. The van der Waals surface area contributed by atoms with Crippen LogP contribution in [-0.4, -0.2) is 15.9 Å². The van der Waals surface area contributed by atoms with Crippen LogP contribution in [0.3, 0.4) is 0 Å². The van der Waals surface area contributed by atoms with E-state index in [0.717, 1.165) is 11.3 Å². The van der Waals surface area contributed by atoms with Gasteiger partial charge in [-0.25, -0.2) is 4.98 Å². The van der Waals surface area contributed by atoms with E-state index in [1.807, 2.05) is 6.92 Å². The highest BCUT2D eigenvalue weighted by molar-refractivity contribution is 6.02. The Labute approximate surface area is 86.2 Å². The maximum atomic E-state index is 11.6. The maximum absolute atomic E-state index is 11.6. The molecule has 1 amide bonds. The summed E-state index contributed by atoms with van der Waals surface area (Å²) in [7, 11) is 0. The van der Waals surface area contributed by atoms with Crippen molar-refractivity contribution in [2.75, 3.05) is 5.32 Å². The van der Waals surface area contributed by atoms with Gasteiger partial charge in [0.1, 0.15) is 6.26 Å². The summed E-state index contributed by atoms with van der Waals surface area (Å²) in [6.45, 7) is 1.87. The van der Waals surface area contributed by atoms with Crippen molar-refractivity contribution in [2.45, 2.75) is 6.92 Å². The number of anilines is 1. The van der Waals surface area contributed by atoms with Gasteiger partial charge in [0.15, 0.2) is 12.1 Å². The summed E-state index contributed by atoms with van der Waals surface area (Å²) in [4.78, 5) is 19.3. The molecule has 15 heavy (non-hydrogen) atoms. The van der Waals surface area contributed by atoms with Crippen LogP contribution < -0.4 is 5.32 Å². The SMILES string of the molecule is Cc1cnccc1NC(=O)c1cocn1. The van der Waals surface area contributed by atoms with Crippen molar-refractivity contribution in [2.24, 2.45) is 0 Å². The Morgan fingerprint density at radius 3 is 3.07 bits per heavy atom. The standard InChI is InChI=1S/C10H9N3O2/c1-7-4-11-3-2-8(7)13-10(14)9-5-15-6-12-9/h2-6H,1H3,(H,11,13,14). The number of aryl methyl sites for hydroxylation is 1. The Kier molecular flexibility index (Phi) is 2.45. The van der Waals surface area contributed by atoms with Crippen molar-refractivity contribution >= 4 is 11.6 Å². The van der Waals surface area contributed by atoms with Crippen LogP contribution in [-0.2, 0) is 0 Å². The Morgan fingerprint density at radius 2 is 2.40 bits per heavy atom. The molecule has 2 heterocycles. The minimum atomic E-state index is -0.293. The predicted molar refractivity (Wildman–Crippen MR) is 53.4 cm³/mol. The van der Waals surface area contributed by atoms with Gasteiger partial charge in [-0.2, -0.15) is 0 Å². The van der Waals surface area contributed by atoms with E-state index < -0.39 is 0 Å². The Bertz CT molecular complexity index is 465. The zero-order chi connectivity index (χ0) is 10.7. The molecule has 0 aliphatic carbocycles. The molecule has 2 aromatic rings. The first kappa shape index (κ1) is 9.39. The molecular formula is C10H9N3O2. The summed E-state index contributed by atoms with van der Waals surface area (Å²) in [5, 5.41) is 2.71. The molecule has 0 saturated carbocycles. The van der Waals surface area contributed by atoms with Gasteiger partial charge in [-0.15, -0.1) is 0 Å². The van der Waals surface area contributed by atoms with Crippen LogP contribution in [0.5, 0.6) is 0 Å². The molecule has 0 aliphatic rings. The summed E-state index contributed by atoms with van der Waals surface area (Å²) in [6, 6.07) is 1.73. The van der Waals surface area contributed by atoms with E-state index in [1.54, 1.807) is 18.5 Å². The van der Waals surface area contributed by atoms with Crippen LogP contribution >= 0.6 is 0 Å². The van der Waals surface area contributed by atoms with Crippen LogP contribution in [0.2, 0.25) is 0 Å². The molecule has 2 aromatic heterocycles. The lowest BCUT2D eigenvalue weighted by Gasteiger charge is -2.04.